The molecule has 19 heavy (non-hydrogen) atoms. The lowest BCUT2D eigenvalue weighted by atomic mass is 10.2. The van der Waals surface area contributed by atoms with Crippen LogP contribution in [-0.2, 0) is 0 Å². The van der Waals surface area contributed by atoms with E-state index in [1.807, 2.05) is 0 Å². The van der Waals surface area contributed by atoms with Crippen LogP contribution in [0.4, 0.5) is 0 Å². The highest BCUT2D eigenvalue weighted by Gasteiger charge is 2.07. The molecule has 0 spiro atoms. The van der Waals surface area contributed by atoms with Crippen molar-refractivity contribution in [2.24, 2.45) is 5.92 Å². The van der Waals surface area contributed by atoms with Crippen molar-refractivity contribution in [1.29, 1.82) is 5.26 Å². The summed E-state index contributed by atoms with van der Waals surface area (Å²) in [6, 6.07) is 9.11. The molecule has 0 saturated carbocycles. The standard InChI is InChI=1S/C15H20N2O2/c1-3-4-9-19-14-7-5-13(6-8-14)15(18)17-11-12(2)10-16/h5-8,12H,3-4,9,11H2,1-2H3,(H,17,18). The van der Waals surface area contributed by atoms with Gasteiger partial charge in [0.1, 0.15) is 5.75 Å². The maximum absolute atomic E-state index is 11.8. The van der Waals surface area contributed by atoms with Crippen molar-refractivity contribution in [1.82, 2.24) is 5.32 Å². The van der Waals surface area contributed by atoms with Crippen LogP contribution >= 0.6 is 0 Å². The maximum atomic E-state index is 11.8. The molecule has 0 bridgehead atoms. The SMILES string of the molecule is CCCCOc1ccc(C(=O)NCC(C)C#N)cc1. The number of ether oxygens (including phenoxy) is 1. The second-order valence-electron chi connectivity index (χ2n) is 4.47. The summed E-state index contributed by atoms with van der Waals surface area (Å²) in [6.07, 6.45) is 2.12. The number of carbonyl (C=O) groups is 1. The van der Waals surface area contributed by atoms with Gasteiger partial charge in [-0.05, 0) is 37.6 Å². The third kappa shape index (κ3) is 5.43. The van der Waals surface area contributed by atoms with Crippen LogP contribution in [0.3, 0.4) is 0 Å². The number of nitriles is 1. The molecule has 1 N–H and O–H groups in total. The number of benzene rings is 1. The van der Waals surface area contributed by atoms with Crippen molar-refractivity contribution in [3.63, 3.8) is 0 Å². The Hall–Kier alpha value is -2.02. The minimum atomic E-state index is -0.180. The number of hydrogen-bond acceptors (Lipinski definition) is 3. The third-order valence-corrected chi connectivity index (χ3v) is 2.67. The van der Waals surface area contributed by atoms with Crippen molar-refractivity contribution in [2.75, 3.05) is 13.2 Å². The Kier molecular flexibility index (Phi) is 6.45. The molecular formula is C15H20N2O2. The molecule has 0 heterocycles. The van der Waals surface area contributed by atoms with Crippen LogP contribution in [0.2, 0.25) is 0 Å². The Morgan fingerprint density at radius 3 is 2.68 bits per heavy atom. The first kappa shape index (κ1) is 15.0. The lowest BCUT2D eigenvalue weighted by Gasteiger charge is -2.08. The molecule has 0 aromatic heterocycles. The van der Waals surface area contributed by atoms with Crippen LogP contribution in [-0.4, -0.2) is 19.1 Å². The zero-order valence-corrected chi connectivity index (χ0v) is 11.5. The number of hydrogen-bond donors (Lipinski definition) is 1. The van der Waals surface area contributed by atoms with E-state index >= 15 is 0 Å². The summed E-state index contributed by atoms with van der Waals surface area (Å²) < 4.78 is 5.52. The van der Waals surface area contributed by atoms with Crippen LogP contribution in [0.15, 0.2) is 24.3 Å². The Balaban J connectivity index is 2.47. The highest BCUT2D eigenvalue weighted by Crippen LogP contribution is 2.12. The van der Waals surface area contributed by atoms with E-state index in [9.17, 15) is 4.79 Å². The molecule has 4 nitrogen and oxygen atoms in total. The number of unbranched alkanes of at least 4 members (excludes halogenated alkanes) is 1. The van der Waals surface area contributed by atoms with E-state index in [-0.39, 0.29) is 11.8 Å². The average Bonchev–Trinajstić information content (AvgIpc) is 2.45. The van der Waals surface area contributed by atoms with Crippen molar-refractivity contribution < 1.29 is 9.53 Å². The molecule has 1 atom stereocenters. The molecule has 1 unspecified atom stereocenters. The van der Waals surface area contributed by atoms with Crippen LogP contribution in [0.25, 0.3) is 0 Å². The van der Waals surface area contributed by atoms with Crippen LogP contribution < -0.4 is 10.1 Å². The minimum Gasteiger partial charge on any atom is -0.494 e. The van der Waals surface area contributed by atoms with Crippen molar-refractivity contribution in [3.8, 4) is 11.8 Å². The first-order valence-corrected chi connectivity index (χ1v) is 6.58. The van der Waals surface area contributed by atoms with Crippen molar-refractivity contribution in [2.45, 2.75) is 26.7 Å². The summed E-state index contributed by atoms with van der Waals surface area (Å²) in [6.45, 7) is 4.94. The molecule has 1 aromatic carbocycles. The Morgan fingerprint density at radius 2 is 2.11 bits per heavy atom. The number of nitrogens with zero attached hydrogens (tertiary/aromatic N) is 1. The van der Waals surface area contributed by atoms with Crippen molar-refractivity contribution in [3.05, 3.63) is 29.8 Å². The second-order valence-corrected chi connectivity index (χ2v) is 4.47. The molecule has 0 aliphatic carbocycles. The lowest BCUT2D eigenvalue weighted by molar-refractivity contribution is 0.0950. The molecule has 4 heteroatoms. The van der Waals surface area contributed by atoms with Crippen LogP contribution in [0.5, 0.6) is 5.75 Å². The number of amides is 1. The fourth-order valence-corrected chi connectivity index (χ4v) is 1.43. The van der Waals surface area contributed by atoms with Gasteiger partial charge in [-0.15, -0.1) is 0 Å². The summed E-state index contributed by atoms with van der Waals surface area (Å²) in [5.41, 5.74) is 0.577. The highest BCUT2D eigenvalue weighted by molar-refractivity contribution is 5.94. The Labute approximate surface area is 114 Å². The monoisotopic (exact) mass is 260 g/mol. The summed E-state index contributed by atoms with van der Waals surface area (Å²) in [4.78, 5) is 11.8. The minimum absolute atomic E-state index is 0.165. The first-order chi connectivity index (χ1) is 9.17. The normalized spacial score (nSPS) is 11.4. The van der Waals surface area contributed by atoms with Gasteiger partial charge in [-0.25, -0.2) is 0 Å². The molecule has 0 radical (unpaired) electrons. The largest absolute Gasteiger partial charge is 0.494 e. The molecule has 0 aliphatic heterocycles. The summed E-state index contributed by atoms with van der Waals surface area (Å²) in [5, 5.41) is 11.4. The third-order valence-electron chi connectivity index (χ3n) is 2.67. The smallest absolute Gasteiger partial charge is 0.251 e. The quantitative estimate of drug-likeness (QED) is 0.767. The first-order valence-electron chi connectivity index (χ1n) is 6.58. The summed E-state index contributed by atoms with van der Waals surface area (Å²) >= 11 is 0. The van der Waals surface area contributed by atoms with E-state index in [0.29, 0.717) is 18.7 Å². The topological polar surface area (TPSA) is 62.1 Å². The average molecular weight is 260 g/mol. The predicted molar refractivity (Wildman–Crippen MR) is 74.0 cm³/mol. The van der Waals surface area contributed by atoms with Gasteiger partial charge in [0.05, 0.1) is 18.6 Å². The molecule has 1 amide bonds. The van der Waals surface area contributed by atoms with Gasteiger partial charge in [0.25, 0.3) is 5.91 Å². The van der Waals surface area contributed by atoms with Gasteiger partial charge in [-0.1, -0.05) is 13.3 Å². The Bertz CT molecular complexity index is 434. The molecule has 102 valence electrons. The fraction of sp³-hybridized carbons (Fsp3) is 0.467. The number of carbonyl (C=O) groups excluding carboxylic acids is 1. The van der Waals surface area contributed by atoms with E-state index in [0.717, 1.165) is 18.6 Å². The van der Waals surface area contributed by atoms with Gasteiger partial charge < -0.3 is 10.1 Å². The predicted octanol–water partition coefficient (Wildman–Crippen LogP) is 2.75. The lowest BCUT2D eigenvalue weighted by Crippen LogP contribution is -2.27. The van der Waals surface area contributed by atoms with Gasteiger partial charge in [-0.3, -0.25) is 4.79 Å². The maximum Gasteiger partial charge on any atom is 0.251 e. The van der Waals surface area contributed by atoms with Crippen LogP contribution in [0.1, 0.15) is 37.0 Å². The van der Waals surface area contributed by atoms with E-state index in [1.54, 1.807) is 31.2 Å². The molecule has 0 fully saturated rings. The van der Waals surface area contributed by atoms with E-state index in [1.165, 1.54) is 0 Å². The zero-order valence-electron chi connectivity index (χ0n) is 11.5. The van der Waals surface area contributed by atoms with E-state index < -0.39 is 0 Å². The van der Waals surface area contributed by atoms with Gasteiger partial charge in [0, 0.05) is 12.1 Å². The fourth-order valence-electron chi connectivity index (χ4n) is 1.43. The molecule has 0 aliphatic rings. The molecule has 1 aromatic rings. The van der Waals surface area contributed by atoms with Crippen LogP contribution in [0, 0.1) is 17.2 Å². The zero-order chi connectivity index (χ0) is 14.1. The van der Waals surface area contributed by atoms with Gasteiger partial charge in [-0.2, -0.15) is 5.26 Å². The summed E-state index contributed by atoms with van der Waals surface area (Å²) in [5.74, 6) is 0.429. The number of rotatable bonds is 7. The number of nitrogens with one attached hydrogen (secondary N) is 1. The molecule has 1 rings (SSSR count). The van der Waals surface area contributed by atoms with E-state index in [2.05, 4.69) is 18.3 Å². The van der Waals surface area contributed by atoms with Gasteiger partial charge in [0.2, 0.25) is 0 Å². The van der Waals surface area contributed by atoms with Gasteiger partial charge in [0.15, 0.2) is 0 Å². The van der Waals surface area contributed by atoms with E-state index in [4.69, 9.17) is 10.00 Å². The molecule has 0 saturated heterocycles. The Morgan fingerprint density at radius 1 is 1.42 bits per heavy atom. The van der Waals surface area contributed by atoms with Gasteiger partial charge >= 0.3 is 0 Å². The molecular weight excluding hydrogens is 240 g/mol. The second kappa shape index (κ2) is 8.15. The summed E-state index contributed by atoms with van der Waals surface area (Å²) in [7, 11) is 0. The highest BCUT2D eigenvalue weighted by atomic mass is 16.5. The van der Waals surface area contributed by atoms with Crippen molar-refractivity contribution >= 4 is 5.91 Å².